The fourth-order valence-electron chi connectivity index (χ4n) is 1.51. The van der Waals surface area contributed by atoms with Crippen molar-refractivity contribution in [3.8, 4) is 0 Å². The number of hydrogen-bond donors (Lipinski definition) is 1. The molecule has 1 aromatic carbocycles. The molecule has 0 aliphatic carbocycles. The molecule has 1 unspecified atom stereocenters. The lowest BCUT2D eigenvalue weighted by atomic mass is 10.3. The molecule has 98 valence electrons. The molecule has 7 heteroatoms. The largest absolute Gasteiger partial charge is 0.439 e. The molecule has 0 amide bonds. The molecule has 1 aliphatic heterocycles. The molecule has 2 rings (SSSR count). The first kappa shape index (κ1) is 13.1. The van der Waals surface area contributed by atoms with Gasteiger partial charge in [0.15, 0.2) is 0 Å². The summed E-state index contributed by atoms with van der Waals surface area (Å²) >= 11 is 5.02. The zero-order valence-electron chi connectivity index (χ0n) is 9.65. The molecule has 1 atom stereocenters. The molecule has 1 N–H and O–H groups in total. The molecule has 0 spiro atoms. The first-order valence-corrected chi connectivity index (χ1v) is 5.70. The topological polar surface area (TPSA) is 33.7 Å². The fraction of sp³-hybridized carbons (Fsp3) is 0.364. The number of hydrogen-bond acceptors (Lipinski definition) is 4. The van der Waals surface area contributed by atoms with E-state index < -0.39 is 17.9 Å². The lowest BCUT2D eigenvalue weighted by molar-refractivity contribution is -0.0403. The molecular formula is C11H12F2N2O2S. The van der Waals surface area contributed by atoms with Crippen LogP contribution in [0.1, 0.15) is 0 Å². The summed E-state index contributed by atoms with van der Waals surface area (Å²) in [5.74, 6) is -1.34. The Morgan fingerprint density at radius 1 is 1.56 bits per heavy atom. The van der Waals surface area contributed by atoms with Crippen molar-refractivity contribution in [3.05, 3.63) is 29.8 Å². The van der Waals surface area contributed by atoms with Crippen molar-refractivity contribution in [2.45, 2.75) is 6.29 Å². The van der Waals surface area contributed by atoms with Crippen molar-refractivity contribution in [1.29, 1.82) is 0 Å². The van der Waals surface area contributed by atoms with Crippen LogP contribution in [0.5, 0.6) is 0 Å². The van der Waals surface area contributed by atoms with Gasteiger partial charge in [0, 0.05) is 13.1 Å². The molecule has 0 radical (unpaired) electrons. The zero-order valence-corrected chi connectivity index (χ0v) is 10.5. The number of halogens is 2. The van der Waals surface area contributed by atoms with Crippen LogP contribution in [-0.4, -0.2) is 31.8 Å². The van der Waals surface area contributed by atoms with Crippen LogP contribution in [0.2, 0.25) is 0 Å². The number of anilines is 1. The fourth-order valence-corrected chi connectivity index (χ4v) is 1.71. The number of nitrogens with one attached hydrogen (secondary N) is 1. The van der Waals surface area contributed by atoms with Crippen LogP contribution in [0.3, 0.4) is 0 Å². The first-order valence-electron chi connectivity index (χ1n) is 5.29. The lowest BCUT2D eigenvalue weighted by Gasteiger charge is -2.22. The van der Waals surface area contributed by atoms with Crippen LogP contribution in [0.25, 0.3) is 0 Å². The molecule has 1 aliphatic rings. The minimum atomic E-state index is -0.700. The number of benzene rings is 1. The van der Waals surface area contributed by atoms with Crippen molar-refractivity contribution in [2.75, 3.05) is 25.2 Å². The summed E-state index contributed by atoms with van der Waals surface area (Å²) in [6.45, 7) is 0.905. The van der Waals surface area contributed by atoms with Gasteiger partial charge in [0.05, 0.1) is 12.2 Å². The summed E-state index contributed by atoms with van der Waals surface area (Å²) in [6.07, 6.45) is -0.483. The molecular weight excluding hydrogens is 262 g/mol. The van der Waals surface area contributed by atoms with Gasteiger partial charge in [-0.25, -0.2) is 8.78 Å². The lowest BCUT2D eigenvalue weighted by Crippen LogP contribution is -2.32. The van der Waals surface area contributed by atoms with Gasteiger partial charge < -0.3 is 14.4 Å². The maximum Gasteiger partial charge on any atom is 0.266 e. The summed E-state index contributed by atoms with van der Waals surface area (Å²) in [5.41, 5.74) is 0.146. The maximum atomic E-state index is 13.5. The summed E-state index contributed by atoms with van der Waals surface area (Å²) in [7, 11) is 1.54. The standard InChI is InChI=1S/C11H12F2N2O2S/c1-15(9-3-2-7(12)4-8(9)13)11(18)17-10-5-14-6-16-10/h2-4,10,14H,5-6H2,1H3. The van der Waals surface area contributed by atoms with Gasteiger partial charge in [-0.15, -0.1) is 0 Å². The van der Waals surface area contributed by atoms with Crippen LogP contribution >= 0.6 is 12.2 Å². The summed E-state index contributed by atoms with van der Waals surface area (Å²) in [6, 6.07) is 3.25. The van der Waals surface area contributed by atoms with Gasteiger partial charge in [0.25, 0.3) is 5.17 Å². The van der Waals surface area contributed by atoms with Gasteiger partial charge in [-0.2, -0.15) is 0 Å². The number of ether oxygens (including phenoxy) is 2. The Morgan fingerprint density at radius 3 is 2.94 bits per heavy atom. The molecule has 1 heterocycles. The summed E-state index contributed by atoms with van der Waals surface area (Å²) < 4.78 is 36.8. The van der Waals surface area contributed by atoms with Crippen LogP contribution < -0.4 is 10.2 Å². The zero-order chi connectivity index (χ0) is 13.1. The minimum absolute atomic E-state index is 0.0641. The second kappa shape index (κ2) is 5.55. The van der Waals surface area contributed by atoms with E-state index in [1.807, 2.05) is 0 Å². The van der Waals surface area contributed by atoms with Crippen molar-refractivity contribution >= 4 is 23.1 Å². The van der Waals surface area contributed by atoms with Crippen molar-refractivity contribution in [2.24, 2.45) is 0 Å². The van der Waals surface area contributed by atoms with Gasteiger partial charge in [-0.05, 0) is 24.4 Å². The van der Waals surface area contributed by atoms with Gasteiger partial charge >= 0.3 is 0 Å². The van der Waals surface area contributed by atoms with Crippen molar-refractivity contribution in [3.63, 3.8) is 0 Å². The van der Waals surface area contributed by atoms with Gasteiger partial charge in [-0.1, -0.05) is 0 Å². The van der Waals surface area contributed by atoms with Gasteiger partial charge in [0.2, 0.25) is 6.29 Å². The van der Waals surface area contributed by atoms with E-state index in [9.17, 15) is 8.78 Å². The Hall–Kier alpha value is -1.31. The predicted octanol–water partition coefficient (Wildman–Crippen LogP) is 1.61. The third kappa shape index (κ3) is 2.92. The molecule has 0 aromatic heterocycles. The summed E-state index contributed by atoms with van der Waals surface area (Å²) in [4.78, 5) is 1.33. The molecule has 0 bridgehead atoms. The van der Waals surface area contributed by atoms with E-state index in [4.69, 9.17) is 21.7 Å². The number of rotatable bonds is 2. The first-order chi connectivity index (χ1) is 8.58. The average Bonchev–Trinajstić information content (AvgIpc) is 2.81. The van der Waals surface area contributed by atoms with E-state index in [0.717, 1.165) is 12.1 Å². The highest BCUT2D eigenvalue weighted by Gasteiger charge is 2.21. The molecule has 4 nitrogen and oxygen atoms in total. The quantitative estimate of drug-likeness (QED) is 0.829. The second-order valence-corrected chi connectivity index (χ2v) is 4.08. The summed E-state index contributed by atoms with van der Waals surface area (Å²) in [5, 5.41) is 2.99. The van der Waals surface area contributed by atoms with Gasteiger partial charge in [0.1, 0.15) is 18.4 Å². The Bertz CT molecular complexity index is 453. The Morgan fingerprint density at radius 2 is 2.33 bits per heavy atom. The van der Waals surface area contributed by atoms with Crippen LogP contribution in [0, 0.1) is 11.6 Å². The normalized spacial score (nSPS) is 18.7. The molecule has 1 aromatic rings. The predicted molar refractivity (Wildman–Crippen MR) is 66.2 cm³/mol. The van der Waals surface area contributed by atoms with Crippen LogP contribution in [0.4, 0.5) is 14.5 Å². The maximum absolute atomic E-state index is 13.5. The third-order valence-corrected chi connectivity index (χ3v) is 2.83. The van der Waals surface area contributed by atoms with E-state index in [2.05, 4.69) is 5.32 Å². The Kier molecular flexibility index (Phi) is 4.05. The highest BCUT2D eigenvalue weighted by atomic mass is 32.1. The average molecular weight is 274 g/mol. The monoisotopic (exact) mass is 274 g/mol. The smallest absolute Gasteiger partial charge is 0.266 e. The minimum Gasteiger partial charge on any atom is -0.439 e. The van der Waals surface area contributed by atoms with Crippen molar-refractivity contribution < 1.29 is 18.3 Å². The Labute approximate surface area is 108 Å². The van der Waals surface area contributed by atoms with E-state index in [-0.39, 0.29) is 10.9 Å². The SMILES string of the molecule is CN(C(=S)OC1CNCO1)c1ccc(F)cc1F. The van der Waals surface area contributed by atoms with Gasteiger partial charge in [-0.3, -0.25) is 5.32 Å². The van der Waals surface area contributed by atoms with Crippen molar-refractivity contribution in [1.82, 2.24) is 5.32 Å². The van der Waals surface area contributed by atoms with Crippen LogP contribution in [-0.2, 0) is 9.47 Å². The molecule has 1 fully saturated rings. The highest BCUT2D eigenvalue weighted by Crippen LogP contribution is 2.20. The van der Waals surface area contributed by atoms with E-state index >= 15 is 0 Å². The van der Waals surface area contributed by atoms with E-state index in [0.29, 0.717) is 13.3 Å². The van der Waals surface area contributed by atoms with E-state index in [1.165, 1.54) is 11.0 Å². The molecule has 18 heavy (non-hydrogen) atoms. The molecule has 0 saturated carbocycles. The second-order valence-electron chi connectivity index (χ2n) is 3.73. The third-order valence-electron chi connectivity index (χ3n) is 2.46. The number of nitrogens with zero attached hydrogens (tertiary/aromatic N) is 1. The number of thiocarbonyl (C=S) groups is 1. The Balaban J connectivity index is 2.05. The van der Waals surface area contributed by atoms with E-state index in [1.54, 1.807) is 7.05 Å². The van der Waals surface area contributed by atoms with Crippen LogP contribution in [0.15, 0.2) is 18.2 Å². The highest BCUT2D eigenvalue weighted by molar-refractivity contribution is 7.80. The molecule has 1 saturated heterocycles.